The molecule has 5 nitrogen and oxygen atoms in total. The van der Waals surface area contributed by atoms with Gasteiger partial charge in [0.25, 0.3) is 0 Å². The molecular weight excluding hydrogens is 258 g/mol. The normalized spacial score (nSPS) is 15.3. The first kappa shape index (κ1) is 11.9. The lowest BCUT2D eigenvalue weighted by Gasteiger charge is -2.35. The molecule has 1 aliphatic rings. The van der Waals surface area contributed by atoms with Gasteiger partial charge in [-0.25, -0.2) is 9.97 Å². The number of anilines is 2. The van der Waals surface area contributed by atoms with Crippen molar-refractivity contribution in [3.8, 4) is 6.07 Å². The van der Waals surface area contributed by atoms with Crippen LogP contribution in [0.1, 0.15) is 5.69 Å². The predicted molar refractivity (Wildman–Crippen MR) is 75.5 cm³/mol. The lowest BCUT2D eigenvalue weighted by Crippen LogP contribution is -2.46. The van der Waals surface area contributed by atoms with Gasteiger partial charge in [0.15, 0.2) is 5.13 Å². The Labute approximate surface area is 115 Å². The third kappa shape index (κ3) is 2.51. The summed E-state index contributed by atoms with van der Waals surface area (Å²) in [6, 6.07) is 7.65. The smallest absolute Gasteiger partial charge is 0.185 e. The molecule has 96 valence electrons. The molecule has 0 spiro atoms. The van der Waals surface area contributed by atoms with Crippen molar-refractivity contribution < 1.29 is 0 Å². The van der Waals surface area contributed by atoms with Crippen molar-refractivity contribution in [1.29, 1.82) is 5.26 Å². The largest absolute Gasteiger partial charge is 0.353 e. The van der Waals surface area contributed by atoms with Gasteiger partial charge in [0.05, 0.1) is 0 Å². The van der Waals surface area contributed by atoms with Gasteiger partial charge >= 0.3 is 0 Å². The minimum atomic E-state index is 0.472. The second kappa shape index (κ2) is 5.24. The molecule has 0 aliphatic carbocycles. The molecule has 0 atom stereocenters. The number of thiazole rings is 1. The topological polar surface area (TPSA) is 56.1 Å². The quantitative estimate of drug-likeness (QED) is 0.832. The molecule has 0 saturated carbocycles. The fraction of sp³-hybridized carbons (Fsp3) is 0.308. The third-order valence-electron chi connectivity index (χ3n) is 3.14. The third-order valence-corrected chi connectivity index (χ3v) is 3.97. The molecule has 2 aromatic heterocycles. The summed E-state index contributed by atoms with van der Waals surface area (Å²) in [6.07, 6.45) is 1.84. The van der Waals surface area contributed by atoms with E-state index in [4.69, 9.17) is 5.26 Å². The molecule has 1 fully saturated rings. The van der Waals surface area contributed by atoms with E-state index in [0.29, 0.717) is 5.69 Å². The van der Waals surface area contributed by atoms with Crippen molar-refractivity contribution in [3.05, 3.63) is 35.5 Å². The van der Waals surface area contributed by atoms with E-state index in [0.717, 1.165) is 37.1 Å². The van der Waals surface area contributed by atoms with Crippen LogP contribution in [0.4, 0.5) is 10.9 Å². The molecular formula is C13H13N5S. The zero-order chi connectivity index (χ0) is 13.1. The Morgan fingerprint density at radius 3 is 2.63 bits per heavy atom. The van der Waals surface area contributed by atoms with Crippen LogP contribution < -0.4 is 9.80 Å². The van der Waals surface area contributed by atoms with Crippen LogP contribution in [0.3, 0.4) is 0 Å². The van der Waals surface area contributed by atoms with Crippen LogP contribution in [-0.2, 0) is 0 Å². The van der Waals surface area contributed by atoms with E-state index in [1.807, 2.05) is 23.7 Å². The van der Waals surface area contributed by atoms with Gasteiger partial charge in [0.1, 0.15) is 17.6 Å². The molecule has 0 N–H and O–H groups in total. The van der Waals surface area contributed by atoms with Crippen molar-refractivity contribution >= 4 is 22.3 Å². The molecule has 0 bridgehead atoms. The number of piperazine rings is 1. The van der Waals surface area contributed by atoms with E-state index in [1.165, 1.54) is 0 Å². The Morgan fingerprint density at radius 1 is 1.16 bits per heavy atom. The fourth-order valence-electron chi connectivity index (χ4n) is 2.16. The fourth-order valence-corrected chi connectivity index (χ4v) is 2.86. The Morgan fingerprint density at radius 2 is 1.95 bits per heavy atom. The number of hydrogen-bond donors (Lipinski definition) is 0. The van der Waals surface area contributed by atoms with Gasteiger partial charge in [0, 0.05) is 37.8 Å². The molecule has 3 rings (SSSR count). The van der Waals surface area contributed by atoms with Gasteiger partial charge in [0.2, 0.25) is 0 Å². The van der Waals surface area contributed by atoms with Crippen LogP contribution in [0.5, 0.6) is 0 Å². The molecule has 3 heterocycles. The van der Waals surface area contributed by atoms with Gasteiger partial charge < -0.3 is 9.80 Å². The van der Waals surface area contributed by atoms with Crippen LogP contribution in [0.25, 0.3) is 0 Å². The second-order valence-corrected chi connectivity index (χ2v) is 5.15. The van der Waals surface area contributed by atoms with Gasteiger partial charge in [-0.05, 0) is 12.1 Å². The summed E-state index contributed by atoms with van der Waals surface area (Å²) < 4.78 is 0. The number of nitrogens with zero attached hydrogens (tertiary/aromatic N) is 5. The monoisotopic (exact) mass is 271 g/mol. The van der Waals surface area contributed by atoms with Crippen molar-refractivity contribution in [2.75, 3.05) is 36.0 Å². The number of aromatic nitrogens is 2. The van der Waals surface area contributed by atoms with Crippen LogP contribution in [-0.4, -0.2) is 36.1 Å². The molecule has 0 unspecified atom stereocenters. The van der Waals surface area contributed by atoms with E-state index in [-0.39, 0.29) is 0 Å². The maximum atomic E-state index is 8.88. The van der Waals surface area contributed by atoms with E-state index in [2.05, 4.69) is 25.8 Å². The number of pyridine rings is 1. The summed E-state index contributed by atoms with van der Waals surface area (Å²) in [5.74, 6) is 0.887. The first-order valence-electron chi connectivity index (χ1n) is 6.13. The summed E-state index contributed by atoms with van der Waals surface area (Å²) in [4.78, 5) is 13.2. The summed E-state index contributed by atoms with van der Waals surface area (Å²) in [6.45, 7) is 3.68. The van der Waals surface area contributed by atoms with Crippen LogP contribution >= 0.6 is 11.3 Å². The molecule has 0 radical (unpaired) electrons. The van der Waals surface area contributed by atoms with Crippen molar-refractivity contribution in [2.45, 2.75) is 0 Å². The van der Waals surface area contributed by atoms with Crippen LogP contribution in [0, 0.1) is 11.3 Å². The van der Waals surface area contributed by atoms with E-state index < -0.39 is 0 Å². The van der Waals surface area contributed by atoms with Crippen molar-refractivity contribution in [3.63, 3.8) is 0 Å². The lowest BCUT2D eigenvalue weighted by atomic mass is 10.3. The van der Waals surface area contributed by atoms with E-state index in [9.17, 15) is 0 Å². The number of rotatable bonds is 2. The first-order valence-corrected chi connectivity index (χ1v) is 7.01. The van der Waals surface area contributed by atoms with Gasteiger partial charge in [-0.3, -0.25) is 0 Å². The van der Waals surface area contributed by atoms with E-state index in [1.54, 1.807) is 17.4 Å². The lowest BCUT2D eigenvalue weighted by molar-refractivity contribution is 0.646. The summed E-state index contributed by atoms with van der Waals surface area (Å²) in [5.41, 5.74) is 0.472. The first-order chi connectivity index (χ1) is 9.36. The Hall–Kier alpha value is -2.13. The number of hydrogen-bond acceptors (Lipinski definition) is 6. The predicted octanol–water partition coefficient (Wildman–Crippen LogP) is 1.74. The summed E-state index contributed by atoms with van der Waals surface area (Å²) in [5, 5.41) is 12.0. The molecule has 0 aromatic carbocycles. The minimum Gasteiger partial charge on any atom is -0.353 e. The summed E-state index contributed by atoms with van der Waals surface area (Å²) >= 11 is 1.67. The molecule has 19 heavy (non-hydrogen) atoms. The highest BCUT2D eigenvalue weighted by Crippen LogP contribution is 2.21. The highest BCUT2D eigenvalue weighted by molar-refractivity contribution is 7.13. The van der Waals surface area contributed by atoms with Crippen molar-refractivity contribution in [2.24, 2.45) is 0 Å². The highest BCUT2D eigenvalue weighted by atomic mass is 32.1. The maximum Gasteiger partial charge on any atom is 0.185 e. The molecule has 1 aliphatic heterocycles. The number of nitriles is 1. The zero-order valence-corrected chi connectivity index (χ0v) is 11.2. The Kier molecular flexibility index (Phi) is 3.29. The average Bonchev–Trinajstić information content (AvgIpc) is 3.02. The highest BCUT2D eigenvalue weighted by Gasteiger charge is 2.19. The molecule has 1 saturated heterocycles. The van der Waals surface area contributed by atoms with Crippen molar-refractivity contribution in [1.82, 2.24) is 9.97 Å². The van der Waals surface area contributed by atoms with Crippen LogP contribution in [0.15, 0.2) is 29.8 Å². The molecule has 6 heteroatoms. The second-order valence-electron chi connectivity index (χ2n) is 4.28. The molecule has 0 amide bonds. The minimum absolute atomic E-state index is 0.472. The summed E-state index contributed by atoms with van der Waals surface area (Å²) in [7, 11) is 0. The zero-order valence-electron chi connectivity index (χ0n) is 10.4. The van der Waals surface area contributed by atoms with E-state index >= 15 is 0 Å². The standard InChI is InChI=1S/C13H13N5S/c14-10-11-2-1-3-12(16-11)17-5-7-18(8-6-17)13-15-4-9-19-13/h1-4,9H,5-8H2. The van der Waals surface area contributed by atoms with Gasteiger partial charge in [-0.15, -0.1) is 11.3 Å². The van der Waals surface area contributed by atoms with Gasteiger partial charge in [-0.1, -0.05) is 6.07 Å². The Balaban J connectivity index is 1.68. The van der Waals surface area contributed by atoms with Gasteiger partial charge in [-0.2, -0.15) is 5.26 Å². The Bertz CT molecular complexity index is 581. The SMILES string of the molecule is N#Cc1cccc(N2CCN(c3nccs3)CC2)n1. The van der Waals surface area contributed by atoms with Crippen LogP contribution in [0.2, 0.25) is 0 Å². The maximum absolute atomic E-state index is 8.88. The molecule has 2 aromatic rings. The average molecular weight is 271 g/mol.